The van der Waals surface area contributed by atoms with Gasteiger partial charge in [0.2, 0.25) is 0 Å². The minimum atomic E-state index is 0.126. The van der Waals surface area contributed by atoms with E-state index in [1.807, 2.05) is 18.2 Å². The minimum Gasteiger partial charge on any atom is -0.396 e. The van der Waals surface area contributed by atoms with Crippen molar-refractivity contribution in [2.75, 3.05) is 6.61 Å². The predicted octanol–water partition coefficient (Wildman–Crippen LogP) is 1.97. The molecule has 1 aliphatic carbocycles. The molecule has 2 aromatic rings. The van der Waals surface area contributed by atoms with Crippen molar-refractivity contribution >= 4 is 0 Å². The lowest BCUT2D eigenvalue weighted by Crippen LogP contribution is -2.12. The summed E-state index contributed by atoms with van der Waals surface area (Å²) in [6.07, 6.45) is 2.58. The average molecular weight is 201 g/mol. The Bertz CT molecular complexity index is 490. The highest BCUT2D eigenvalue weighted by Gasteiger charge is 2.27. The third-order valence-electron chi connectivity index (χ3n) is 2.99. The second kappa shape index (κ2) is 3.21. The van der Waals surface area contributed by atoms with Crippen molar-refractivity contribution in [2.45, 2.75) is 12.3 Å². The largest absolute Gasteiger partial charge is 0.396 e. The molecule has 0 fully saturated rings. The molecule has 1 atom stereocenters. The molecule has 0 spiro atoms. The van der Waals surface area contributed by atoms with Crippen LogP contribution >= 0.6 is 0 Å². The van der Waals surface area contributed by atoms with Gasteiger partial charge in [-0.3, -0.25) is 0 Å². The van der Waals surface area contributed by atoms with Crippen LogP contribution in [-0.2, 0) is 6.42 Å². The standard InChI is InChI=1S/C12H11NO2/c14-7-9-5-8-3-1-2-4-10(8)12-11(9)6-13-15-12/h1-4,6,9,14H,5,7H2. The zero-order valence-electron chi connectivity index (χ0n) is 8.18. The van der Waals surface area contributed by atoms with E-state index in [-0.39, 0.29) is 12.5 Å². The average Bonchev–Trinajstić information content (AvgIpc) is 2.77. The number of nitrogens with zero attached hydrogens (tertiary/aromatic N) is 1. The van der Waals surface area contributed by atoms with Crippen molar-refractivity contribution in [1.82, 2.24) is 5.16 Å². The first-order valence-corrected chi connectivity index (χ1v) is 5.04. The van der Waals surface area contributed by atoms with Crippen LogP contribution in [0.4, 0.5) is 0 Å². The third kappa shape index (κ3) is 1.20. The maximum Gasteiger partial charge on any atom is 0.170 e. The van der Waals surface area contributed by atoms with Gasteiger partial charge in [-0.25, -0.2) is 0 Å². The quantitative estimate of drug-likeness (QED) is 0.767. The zero-order chi connectivity index (χ0) is 10.3. The summed E-state index contributed by atoms with van der Waals surface area (Å²) in [5, 5.41) is 13.1. The monoisotopic (exact) mass is 201 g/mol. The molecule has 0 aliphatic heterocycles. The van der Waals surface area contributed by atoms with E-state index >= 15 is 0 Å². The number of aliphatic hydroxyl groups excluding tert-OH is 1. The molecule has 1 aromatic carbocycles. The lowest BCUT2D eigenvalue weighted by molar-refractivity contribution is 0.263. The van der Waals surface area contributed by atoms with E-state index in [9.17, 15) is 5.11 Å². The van der Waals surface area contributed by atoms with E-state index in [1.165, 1.54) is 5.56 Å². The fourth-order valence-corrected chi connectivity index (χ4v) is 2.20. The molecule has 3 rings (SSSR count). The summed E-state index contributed by atoms with van der Waals surface area (Å²) in [6.45, 7) is 0.141. The molecular weight excluding hydrogens is 190 g/mol. The fraction of sp³-hybridized carbons (Fsp3) is 0.250. The Kier molecular flexibility index (Phi) is 1.86. The predicted molar refractivity (Wildman–Crippen MR) is 55.5 cm³/mol. The van der Waals surface area contributed by atoms with Crippen LogP contribution in [0, 0.1) is 0 Å². The number of hydrogen-bond acceptors (Lipinski definition) is 3. The third-order valence-corrected chi connectivity index (χ3v) is 2.99. The van der Waals surface area contributed by atoms with Crippen molar-refractivity contribution < 1.29 is 9.63 Å². The molecule has 3 heteroatoms. The van der Waals surface area contributed by atoms with Crippen LogP contribution in [0.25, 0.3) is 11.3 Å². The molecule has 0 radical (unpaired) electrons. The fourth-order valence-electron chi connectivity index (χ4n) is 2.20. The van der Waals surface area contributed by atoms with E-state index in [1.54, 1.807) is 6.20 Å². The van der Waals surface area contributed by atoms with Crippen LogP contribution in [0.15, 0.2) is 35.0 Å². The number of benzene rings is 1. The molecule has 0 saturated heterocycles. The lowest BCUT2D eigenvalue weighted by atomic mass is 9.83. The molecule has 3 nitrogen and oxygen atoms in total. The molecule has 15 heavy (non-hydrogen) atoms. The number of hydrogen-bond donors (Lipinski definition) is 1. The Morgan fingerprint density at radius 2 is 2.27 bits per heavy atom. The Morgan fingerprint density at radius 1 is 1.40 bits per heavy atom. The van der Waals surface area contributed by atoms with Gasteiger partial charge in [-0.2, -0.15) is 0 Å². The van der Waals surface area contributed by atoms with E-state index in [0.29, 0.717) is 0 Å². The van der Waals surface area contributed by atoms with E-state index in [0.717, 1.165) is 23.3 Å². The van der Waals surface area contributed by atoms with Crippen LogP contribution in [0.3, 0.4) is 0 Å². The highest BCUT2D eigenvalue weighted by molar-refractivity contribution is 5.68. The molecular formula is C12H11NO2. The van der Waals surface area contributed by atoms with Crippen LogP contribution < -0.4 is 0 Å². The van der Waals surface area contributed by atoms with Gasteiger partial charge in [-0.15, -0.1) is 0 Å². The second-order valence-electron chi connectivity index (χ2n) is 3.85. The van der Waals surface area contributed by atoms with E-state index in [4.69, 9.17) is 4.52 Å². The van der Waals surface area contributed by atoms with Gasteiger partial charge >= 0.3 is 0 Å². The topological polar surface area (TPSA) is 46.3 Å². The Balaban J connectivity index is 2.22. The van der Waals surface area contributed by atoms with Gasteiger partial charge in [0, 0.05) is 17.0 Å². The summed E-state index contributed by atoms with van der Waals surface area (Å²) in [5.74, 6) is 0.942. The van der Waals surface area contributed by atoms with Crippen LogP contribution in [0.5, 0.6) is 0 Å². The number of rotatable bonds is 1. The Hall–Kier alpha value is -1.61. The first-order chi connectivity index (χ1) is 7.40. The molecule has 1 N–H and O–H groups in total. The van der Waals surface area contributed by atoms with Crippen molar-refractivity contribution in [3.8, 4) is 11.3 Å². The minimum absolute atomic E-state index is 0.126. The zero-order valence-corrected chi connectivity index (χ0v) is 8.18. The number of fused-ring (bicyclic) bond motifs is 3. The highest BCUT2D eigenvalue weighted by Crippen LogP contribution is 2.38. The van der Waals surface area contributed by atoms with E-state index in [2.05, 4.69) is 11.2 Å². The van der Waals surface area contributed by atoms with Gasteiger partial charge in [0.15, 0.2) is 5.76 Å². The summed E-state index contributed by atoms with van der Waals surface area (Å²) < 4.78 is 5.25. The number of aliphatic hydroxyl groups is 1. The molecule has 0 saturated carbocycles. The van der Waals surface area contributed by atoms with Crippen molar-refractivity contribution in [2.24, 2.45) is 0 Å². The first-order valence-electron chi connectivity index (χ1n) is 5.04. The van der Waals surface area contributed by atoms with Gasteiger partial charge < -0.3 is 9.63 Å². The summed E-state index contributed by atoms with van der Waals surface area (Å²) in [5.41, 5.74) is 3.35. The summed E-state index contributed by atoms with van der Waals surface area (Å²) in [4.78, 5) is 0. The molecule has 1 unspecified atom stereocenters. The second-order valence-corrected chi connectivity index (χ2v) is 3.85. The van der Waals surface area contributed by atoms with E-state index < -0.39 is 0 Å². The number of aromatic nitrogens is 1. The molecule has 1 heterocycles. The maximum absolute atomic E-state index is 9.31. The Morgan fingerprint density at radius 3 is 3.13 bits per heavy atom. The smallest absolute Gasteiger partial charge is 0.170 e. The van der Waals surface area contributed by atoms with Gasteiger partial charge in [-0.1, -0.05) is 29.4 Å². The maximum atomic E-state index is 9.31. The van der Waals surface area contributed by atoms with Gasteiger partial charge in [0.25, 0.3) is 0 Å². The first kappa shape index (κ1) is 8.68. The summed E-state index contributed by atoms with van der Waals surface area (Å²) >= 11 is 0. The molecule has 0 bridgehead atoms. The Labute approximate surface area is 87.3 Å². The van der Waals surface area contributed by atoms with Crippen LogP contribution in [0.2, 0.25) is 0 Å². The van der Waals surface area contributed by atoms with Gasteiger partial charge in [0.05, 0.1) is 12.8 Å². The van der Waals surface area contributed by atoms with Gasteiger partial charge in [0.1, 0.15) is 0 Å². The van der Waals surface area contributed by atoms with Crippen molar-refractivity contribution in [3.63, 3.8) is 0 Å². The molecule has 1 aliphatic rings. The summed E-state index contributed by atoms with van der Waals surface area (Å²) in [7, 11) is 0. The van der Waals surface area contributed by atoms with Crippen LogP contribution in [-0.4, -0.2) is 16.9 Å². The molecule has 1 aromatic heterocycles. The summed E-state index contributed by atoms with van der Waals surface area (Å²) in [6, 6.07) is 8.11. The van der Waals surface area contributed by atoms with Gasteiger partial charge in [-0.05, 0) is 12.0 Å². The SMILES string of the molecule is OCC1Cc2ccccc2-c2oncc21. The van der Waals surface area contributed by atoms with Crippen LogP contribution in [0.1, 0.15) is 17.0 Å². The lowest BCUT2D eigenvalue weighted by Gasteiger charge is -2.21. The van der Waals surface area contributed by atoms with Crippen molar-refractivity contribution in [3.05, 3.63) is 41.6 Å². The highest BCUT2D eigenvalue weighted by atomic mass is 16.5. The van der Waals surface area contributed by atoms with Crippen molar-refractivity contribution in [1.29, 1.82) is 0 Å². The molecule has 0 amide bonds. The normalized spacial score (nSPS) is 18.3. The molecule has 76 valence electrons.